The predicted molar refractivity (Wildman–Crippen MR) is 92.1 cm³/mol. The molecule has 0 aliphatic carbocycles. The molecule has 4 nitrogen and oxygen atoms in total. The van der Waals surface area contributed by atoms with Crippen molar-refractivity contribution in [2.75, 3.05) is 6.54 Å². The molecule has 0 fully saturated rings. The highest BCUT2D eigenvalue weighted by molar-refractivity contribution is 7.12. The van der Waals surface area contributed by atoms with Crippen molar-refractivity contribution < 1.29 is 4.79 Å². The Balaban J connectivity index is 2.11. The molecule has 1 unspecified atom stereocenters. The van der Waals surface area contributed by atoms with Crippen molar-refractivity contribution in [1.82, 2.24) is 10.3 Å². The van der Waals surface area contributed by atoms with E-state index in [2.05, 4.69) is 10.3 Å². The van der Waals surface area contributed by atoms with Gasteiger partial charge in [0.2, 0.25) is 5.91 Å². The van der Waals surface area contributed by atoms with Gasteiger partial charge in [-0.2, -0.15) is 0 Å². The van der Waals surface area contributed by atoms with Crippen molar-refractivity contribution in [3.8, 4) is 11.3 Å². The lowest BCUT2D eigenvalue weighted by Crippen LogP contribution is -2.26. The zero-order valence-electron chi connectivity index (χ0n) is 12.7. The highest BCUT2D eigenvalue weighted by Gasteiger charge is 2.16. The molecule has 0 saturated carbocycles. The van der Waals surface area contributed by atoms with Crippen LogP contribution in [0.3, 0.4) is 0 Å². The summed E-state index contributed by atoms with van der Waals surface area (Å²) >= 11 is 7.52. The topological polar surface area (TPSA) is 68.0 Å². The lowest BCUT2D eigenvalue weighted by molar-refractivity contribution is -0.121. The van der Waals surface area contributed by atoms with E-state index in [0.717, 1.165) is 21.1 Å². The molecule has 0 spiro atoms. The maximum atomic E-state index is 11.8. The molecule has 6 heteroatoms. The Morgan fingerprint density at radius 1 is 1.41 bits per heavy atom. The Hall–Kier alpha value is -1.43. The van der Waals surface area contributed by atoms with E-state index in [1.54, 1.807) is 11.3 Å². The molecule has 0 aliphatic rings. The van der Waals surface area contributed by atoms with Gasteiger partial charge in [0.25, 0.3) is 0 Å². The van der Waals surface area contributed by atoms with Gasteiger partial charge in [0.1, 0.15) is 5.01 Å². The molecule has 1 aromatic heterocycles. The van der Waals surface area contributed by atoms with E-state index in [0.29, 0.717) is 24.4 Å². The average Bonchev–Trinajstić information content (AvgIpc) is 2.88. The third-order valence-electron chi connectivity index (χ3n) is 3.29. The minimum absolute atomic E-state index is 0.0128. The summed E-state index contributed by atoms with van der Waals surface area (Å²) in [5, 5.41) is 4.58. The van der Waals surface area contributed by atoms with Gasteiger partial charge in [-0.3, -0.25) is 4.79 Å². The number of rotatable bonds is 6. The Bertz CT molecular complexity index is 639. The smallest absolute Gasteiger partial charge is 0.220 e. The molecule has 1 atom stereocenters. The van der Waals surface area contributed by atoms with Gasteiger partial charge in [-0.1, -0.05) is 23.7 Å². The third-order valence-corrected chi connectivity index (χ3v) is 4.69. The second-order valence-electron chi connectivity index (χ2n) is 5.15. The first-order valence-corrected chi connectivity index (χ1v) is 8.43. The average molecular weight is 338 g/mol. The second-order valence-corrected chi connectivity index (χ2v) is 6.82. The van der Waals surface area contributed by atoms with Crippen LogP contribution < -0.4 is 11.1 Å². The second kappa shape index (κ2) is 7.72. The fraction of sp³-hybridized carbons (Fsp3) is 0.375. The number of hydrogen-bond acceptors (Lipinski definition) is 4. The Morgan fingerprint density at radius 2 is 2.09 bits per heavy atom. The van der Waals surface area contributed by atoms with Gasteiger partial charge in [0.15, 0.2) is 0 Å². The van der Waals surface area contributed by atoms with Crippen LogP contribution in [0.2, 0.25) is 5.02 Å². The van der Waals surface area contributed by atoms with Gasteiger partial charge in [-0.25, -0.2) is 4.98 Å². The monoisotopic (exact) mass is 337 g/mol. The van der Waals surface area contributed by atoms with Gasteiger partial charge >= 0.3 is 0 Å². The molecular weight excluding hydrogens is 318 g/mol. The maximum Gasteiger partial charge on any atom is 0.220 e. The van der Waals surface area contributed by atoms with Crippen molar-refractivity contribution in [1.29, 1.82) is 0 Å². The van der Waals surface area contributed by atoms with E-state index in [1.165, 1.54) is 0 Å². The normalized spacial score (nSPS) is 12.2. The minimum atomic E-state index is -0.102. The van der Waals surface area contributed by atoms with E-state index < -0.39 is 0 Å². The SMILES string of the molecule is Cc1sc(C(C)NC(=O)CCCN)nc1-c1ccc(Cl)cc1. The van der Waals surface area contributed by atoms with Crippen molar-refractivity contribution in [3.63, 3.8) is 0 Å². The molecule has 2 rings (SSSR count). The van der Waals surface area contributed by atoms with E-state index in [1.807, 2.05) is 38.1 Å². The maximum absolute atomic E-state index is 11.8. The van der Waals surface area contributed by atoms with E-state index >= 15 is 0 Å². The van der Waals surface area contributed by atoms with Gasteiger partial charge < -0.3 is 11.1 Å². The van der Waals surface area contributed by atoms with Crippen LogP contribution >= 0.6 is 22.9 Å². The summed E-state index contributed by atoms with van der Waals surface area (Å²) in [4.78, 5) is 17.6. The van der Waals surface area contributed by atoms with Crippen molar-refractivity contribution in [3.05, 3.63) is 39.2 Å². The van der Waals surface area contributed by atoms with Crippen LogP contribution in [0, 0.1) is 6.92 Å². The van der Waals surface area contributed by atoms with Crippen LogP contribution in [0.1, 0.15) is 35.7 Å². The van der Waals surface area contributed by atoms with Crippen molar-refractivity contribution in [2.45, 2.75) is 32.7 Å². The van der Waals surface area contributed by atoms with Crippen molar-refractivity contribution >= 4 is 28.8 Å². The van der Waals surface area contributed by atoms with Crippen LogP contribution in [0.15, 0.2) is 24.3 Å². The van der Waals surface area contributed by atoms with E-state index in [-0.39, 0.29) is 11.9 Å². The van der Waals surface area contributed by atoms with Gasteiger partial charge in [0.05, 0.1) is 11.7 Å². The third kappa shape index (κ3) is 4.29. The summed E-state index contributed by atoms with van der Waals surface area (Å²) in [5.41, 5.74) is 7.39. The first-order chi connectivity index (χ1) is 10.5. The van der Waals surface area contributed by atoms with Crippen LogP contribution in [-0.2, 0) is 4.79 Å². The number of aromatic nitrogens is 1. The van der Waals surface area contributed by atoms with Gasteiger partial charge in [-0.05, 0) is 38.9 Å². The standard InChI is InChI=1S/C16H20ClN3OS/c1-10(19-14(21)4-3-9-18)16-20-15(11(2)22-16)12-5-7-13(17)8-6-12/h5-8,10H,3-4,9,18H2,1-2H3,(H,19,21). The van der Waals surface area contributed by atoms with Crippen LogP contribution in [0.25, 0.3) is 11.3 Å². The molecule has 1 aromatic carbocycles. The van der Waals surface area contributed by atoms with E-state index in [9.17, 15) is 4.79 Å². The van der Waals surface area contributed by atoms with E-state index in [4.69, 9.17) is 17.3 Å². The lowest BCUT2D eigenvalue weighted by atomic mass is 10.1. The number of benzene rings is 1. The summed E-state index contributed by atoms with van der Waals surface area (Å²) in [6.45, 7) is 4.51. The number of carbonyl (C=O) groups excluding carboxylic acids is 1. The molecular formula is C16H20ClN3OS. The minimum Gasteiger partial charge on any atom is -0.347 e. The van der Waals surface area contributed by atoms with Gasteiger partial charge in [0, 0.05) is 21.9 Å². The van der Waals surface area contributed by atoms with Crippen molar-refractivity contribution in [2.24, 2.45) is 5.73 Å². The number of nitrogens with two attached hydrogens (primary N) is 1. The first-order valence-electron chi connectivity index (χ1n) is 7.24. The fourth-order valence-corrected chi connectivity index (χ4v) is 3.19. The lowest BCUT2D eigenvalue weighted by Gasteiger charge is -2.10. The molecule has 2 aromatic rings. The largest absolute Gasteiger partial charge is 0.347 e. The molecule has 3 N–H and O–H groups in total. The number of nitrogens with one attached hydrogen (secondary N) is 1. The number of halogens is 1. The molecule has 118 valence electrons. The quantitative estimate of drug-likeness (QED) is 0.844. The van der Waals surface area contributed by atoms with Gasteiger partial charge in [-0.15, -0.1) is 11.3 Å². The number of thiazole rings is 1. The number of nitrogens with zero attached hydrogens (tertiary/aromatic N) is 1. The molecule has 0 saturated heterocycles. The van der Waals surface area contributed by atoms with Crippen LogP contribution in [-0.4, -0.2) is 17.4 Å². The summed E-state index contributed by atoms with van der Waals surface area (Å²) in [6, 6.07) is 7.52. The Labute approximate surface area is 139 Å². The summed E-state index contributed by atoms with van der Waals surface area (Å²) in [6.07, 6.45) is 1.15. The number of hydrogen-bond donors (Lipinski definition) is 2. The fourth-order valence-electron chi connectivity index (χ4n) is 2.12. The highest BCUT2D eigenvalue weighted by Crippen LogP contribution is 2.31. The zero-order chi connectivity index (χ0) is 16.1. The molecule has 1 amide bonds. The van der Waals surface area contributed by atoms with Crippen LogP contribution in [0.4, 0.5) is 0 Å². The zero-order valence-corrected chi connectivity index (χ0v) is 14.3. The molecule has 0 bridgehead atoms. The number of amides is 1. The summed E-state index contributed by atoms with van der Waals surface area (Å²) < 4.78 is 0. The number of carbonyl (C=O) groups is 1. The molecule has 0 aliphatic heterocycles. The summed E-state index contributed by atoms with van der Waals surface area (Å²) in [5.74, 6) is 0.0128. The predicted octanol–water partition coefficient (Wildman–Crippen LogP) is 3.69. The van der Waals surface area contributed by atoms with Crippen LogP contribution in [0.5, 0.6) is 0 Å². The Morgan fingerprint density at radius 3 is 2.73 bits per heavy atom. The number of aryl methyl sites for hydroxylation is 1. The molecule has 0 radical (unpaired) electrons. The first kappa shape index (κ1) is 16.9. The summed E-state index contributed by atoms with van der Waals surface area (Å²) in [7, 11) is 0. The highest BCUT2D eigenvalue weighted by atomic mass is 35.5. The Kier molecular flexibility index (Phi) is 5.94. The molecule has 1 heterocycles. The molecule has 22 heavy (non-hydrogen) atoms.